The molecule has 0 bridgehead atoms. The maximum absolute atomic E-state index is 4.44. The SMILES string of the molecule is Brc1ccc2c(c1)c1ccc[c-]c1c1nccn21.[Ir]. The van der Waals surface area contributed by atoms with Crippen molar-refractivity contribution in [3.63, 3.8) is 0 Å². The topological polar surface area (TPSA) is 17.3 Å². The number of rotatable bonds is 0. The molecular weight excluding hydrogens is 480 g/mol. The van der Waals surface area contributed by atoms with Crippen molar-refractivity contribution in [3.05, 3.63) is 59.3 Å². The smallest absolute Gasteiger partial charge is 0.0608 e. The summed E-state index contributed by atoms with van der Waals surface area (Å²) in [6, 6.07) is 15.7. The third-order valence-corrected chi connectivity index (χ3v) is 3.72. The first-order valence-corrected chi connectivity index (χ1v) is 6.48. The van der Waals surface area contributed by atoms with Crippen LogP contribution in [0.5, 0.6) is 0 Å². The Bertz CT molecular complexity index is 898. The summed E-state index contributed by atoms with van der Waals surface area (Å²) >= 11 is 3.54. The van der Waals surface area contributed by atoms with E-state index in [2.05, 4.69) is 55.6 Å². The van der Waals surface area contributed by atoms with Gasteiger partial charge in [0.2, 0.25) is 0 Å². The van der Waals surface area contributed by atoms with Crippen LogP contribution in [0.1, 0.15) is 0 Å². The van der Waals surface area contributed by atoms with Crippen molar-refractivity contribution in [3.8, 4) is 0 Å². The van der Waals surface area contributed by atoms with Crippen LogP contribution in [0.2, 0.25) is 0 Å². The fourth-order valence-electron chi connectivity index (χ4n) is 2.46. The summed E-state index contributed by atoms with van der Waals surface area (Å²) in [6.07, 6.45) is 3.82. The molecule has 0 fully saturated rings. The van der Waals surface area contributed by atoms with E-state index in [1.807, 2.05) is 24.5 Å². The van der Waals surface area contributed by atoms with Gasteiger partial charge in [-0.2, -0.15) is 0 Å². The predicted molar refractivity (Wildman–Crippen MR) is 76.7 cm³/mol. The number of imidazole rings is 1. The number of halogens is 1. The van der Waals surface area contributed by atoms with Crippen LogP contribution in [-0.2, 0) is 20.1 Å². The van der Waals surface area contributed by atoms with Gasteiger partial charge in [-0.3, -0.25) is 4.98 Å². The van der Waals surface area contributed by atoms with E-state index in [-0.39, 0.29) is 20.1 Å². The molecule has 95 valence electrons. The van der Waals surface area contributed by atoms with Crippen molar-refractivity contribution in [2.75, 3.05) is 0 Å². The number of aromatic nitrogens is 2. The molecule has 0 N–H and O–H groups in total. The van der Waals surface area contributed by atoms with Gasteiger partial charge in [0.15, 0.2) is 0 Å². The van der Waals surface area contributed by atoms with E-state index in [0.29, 0.717) is 0 Å². The zero-order chi connectivity index (χ0) is 12.1. The fraction of sp³-hybridized carbons (Fsp3) is 0. The van der Waals surface area contributed by atoms with Gasteiger partial charge in [0.1, 0.15) is 0 Å². The molecule has 0 amide bonds. The van der Waals surface area contributed by atoms with E-state index >= 15 is 0 Å². The summed E-state index contributed by atoms with van der Waals surface area (Å²) in [6.45, 7) is 0. The number of hydrogen-bond acceptors (Lipinski definition) is 1. The monoisotopic (exact) mass is 488 g/mol. The molecule has 0 spiro atoms. The molecule has 4 heteroatoms. The zero-order valence-electron chi connectivity index (χ0n) is 9.72. The normalized spacial score (nSPS) is 11.0. The Morgan fingerprint density at radius 1 is 1.16 bits per heavy atom. The summed E-state index contributed by atoms with van der Waals surface area (Å²) in [7, 11) is 0. The molecular formula is C15H8BrIrN2-. The largest absolute Gasteiger partial charge is 0.340 e. The van der Waals surface area contributed by atoms with E-state index < -0.39 is 0 Å². The fourth-order valence-corrected chi connectivity index (χ4v) is 2.82. The van der Waals surface area contributed by atoms with Crippen LogP contribution in [0.4, 0.5) is 0 Å². The number of benzene rings is 2. The Hall–Kier alpha value is -1.22. The van der Waals surface area contributed by atoms with Crippen molar-refractivity contribution in [2.24, 2.45) is 0 Å². The van der Waals surface area contributed by atoms with E-state index in [1.54, 1.807) is 0 Å². The third-order valence-electron chi connectivity index (χ3n) is 3.23. The summed E-state index contributed by atoms with van der Waals surface area (Å²) in [5, 5.41) is 3.46. The quantitative estimate of drug-likeness (QED) is 0.268. The number of nitrogens with zero attached hydrogens (tertiary/aromatic N) is 2. The van der Waals surface area contributed by atoms with Gasteiger partial charge < -0.3 is 4.40 Å². The average Bonchev–Trinajstić information content (AvgIpc) is 2.88. The molecule has 2 nitrogen and oxygen atoms in total. The molecule has 0 aliphatic heterocycles. The third kappa shape index (κ3) is 1.83. The predicted octanol–water partition coefficient (Wildman–Crippen LogP) is 4.20. The summed E-state index contributed by atoms with van der Waals surface area (Å²) in [4.78, 5) is 4.44. The first-order valence-electron chi connectivity index (χ1n) is 5.69. The summed E-state index contributed by atoms with van der Waals surface area (Å²) in [5.41, 5.74) is 2.12. The Morgan fingerprint density at radius 2 is 2.05 bits per heavy atom. The first-order chi connectivity index (χ1) is 8.84. The molecule has 0 atom stereocenters. The van der Waals surface area contributed by atoms with Crippen molar-refractivity contribution in [1.29, 1.82) is 0 Å². The number of pyridine rings is 1. The molecule has 0 saturated carbocycles. The van der Waals surface area contributed by atoms with Crippen molar-refractivity contribution in [2.45, 2.75) is 0 Å². The van der Waals surface area contributed by atoms with Crippen LogP contribution in [-0.4, -0.2) is 9.38 Å². The van der Waals surface area contributed by atoms with Crippen molar-refractivity contribution >= 4 is 43.3 Å². The Kier molecular flexibility index (Phi) is 3.17. The molecule has 0 saturated heterocycles. The summed E-state index contributed by atoms with van der Waals surface area (Å²) < 4.78 is 3.19. The van der Waals surface area contributed by atoms with Gasteiger partial charge in [-0.05, 0) is 23.6 Å². The summed E-state index contributed by atoms with van der Waals surface area (Å²) in [5.74, 6) is 0. The Labute approximate surface area is 131 Å². The molecule has 19 heavy (non-hydrogen) atoms. The first kappa shape index (κ1) is 12.8. The van der Waals surface area contributed by atoms with Gasteiger partial charge in [-0.1, -0.05) is 21.3 Å². The minimum Gasteiger partial charge on any atom is -0.340 e. The van der Waals surface area contributed by atoms with Crippen molar-refractivity contribution in [1.82, 2.24) is 9.38 Å². The van der Waals surface area contributed by atoms with Gasteiger partial charge in [0.05, 0.1) is 5.65 Å². The van der Waals surface area contributed by atoms with Crippen LogP contribution in [0.25, 0.3) is 27.3 Å². The molecule has 4 rings (SSSR count). The van der Waals surface area contributed by atoms with Gasteiger partial charge >= 0.3 is 0 Å². The second-order valence-electron chi connectivity index (χ2n) is 4.24. The van der Waals surface area contributed by atoms with E-state index in [9.17, 15) is 0 Å². The van der Waals surface area contributed by atoms with Crippen LogP contribution in [0.15, 0.2) is 53.3 Å². The average molecular weight is 488 g/mol. The maximum atomic E-state index is 4.44. The van der Waals surface area contributed by atoms with Crippen LogP contribution < -0.4 is 0 Å². The second-order valence-corrected chi connectivity index (χ2v) is 5.16. The van der Waals surface area contributed by atoms with Crippen LogP contribution in [0.3, 0.4) is 0 Å². The van der Waals surface area contributed by atoms with E-state index in [4.69, 9.17) is 0 Å². The van der Waals surface area contributed by atoms with Gasteiger partial charge in [0.25, 0.3) is 0 Å². The van der Waals surface area contributed by atoms with Crippen LogP contribution >= 0.6 is 15.9 Å². The number of hydrogen-bond donors (Lipinski definition) is 0. The molecule has 4 aromatic rings. The molecule has 0 aliphatic carbocycles. The van der Waals surface area contributed by atoms with Gasteiger partial charge in [-0.25, -0.2) is 0 Å². The maximum Gasteiger partial charge on any atom is 0.0608 e. The second kappa shape index (κ2) is 4.71. The van der Waals surface area contributed by atoms with E-state index in [0.717, 1.165) is 21.0 Å². The standard InChI is InChI=1S/C15H8BrN2.Ir/c16-10-5-6-14-13(9-10)11-3-1-2-4-12(11)15-17-7-8-18(14)15;/h1-3,5-9H;/q-1;. The molecule has 2 aromatic carbocycles. The molecule has 2 aromatic heterocycles. The van der Waals surface area contributed by atoms with Gasteiger partial charge in [0, 0.05) is 42.5 Å². The van der Waals surface area contributed by atoms with Crippen LogP contribution in [0, 0.1) is 6.07 Å². The Morgan fingerprint density at radius 3 is 2.95 bits per heavy atom. The molecule has 0 aliphatic rings. The van der Waals surface area contributed by atoms with Crippen molar-refractivity contribution < 1.29 is 20.1 Å². The van der Waals surface area contributed by atoms with Gasteiger partial charge in [-0.15, -0.1) is 29.7 Å². The number of fused-ring (bicyclic) bond motifs is 6. The molecule has 1 radical (unpaired) electrons. The molecule has 2 heterocycles. The molecule has 0 unspecified atom stereocenters. The zero-order valence-corrected chi connectivity index (χ0v) is 13.7. The minimum absolute atomic E-state index is 0. The Balaban J connectivity index is 0.00000110. The minimum atomic E-state index is 0. The van der Waals surface area contributed by atoms with E-state index in [1.165, 1.54) is 10.8 Å².